The Labute approximate surface area is 75.8 Å². The van der Waals surface area contributed by atoms with Gasteiger partial charge in [0.05, 0.1) is 11.6 Å². The molecule has 0 spiro atoms. The second kappa shape index (κ2) is 3.48. The van der Waals surface area contributed by atoms with Gasteiger partial charge in [0.2, 0.25) is 0 Å². The summed E-state index contributed by atoms with van der Waals surface area (Å²) in [5.41, 5.74) is 0.719. The van der Waals surface area contributed by atoms with Crippen LogP contribution in [0.4, 0.5) is 0 Å². The molecule has 0 aliphatic rings. The summed E-state index contributed by atoms with van der Waals surface area (Å²) >= 11 is 0. The van der Waals surface area contributed by atoms with E-state index in [1.807, 2.05) is 6.07 Å². The van der Waals surface area contributed by atoms with Crippen LogP contribution in [0.3, 0.4) is 0 Å². The number of phenols is 1. The van der Waals surface area contributed by atoms with Crippen molar-refractivity contribution >= 4 is 12.6 Å². The molecule has 0 radical (unpaired) electrons. The van der Waals surface area contributed by atoms with E-state index < -0.39 is 7.12 Å². The third-order valence-corrected chi connectivity index (χ3v) is 1.83. The standard InChI is InChI=1S/C8H8BNO3/c1-5-7(9(12)13)2-6(4-10)3-8(5)11/h2-3,11-13H,1H3. The molecule has 0 saturated carbocycles. The van der Waals surface area contributed by atoms with Gasteiger partial charge >= 0.3 is 7.12 Å². The molecule has 0 unspecified atom stereocenters. The third-order valence-electron chi connectivity index (χ3n) is 1.83. The van der Waals surface area contributed by atoms with E-state index in [1.165, 1.54) is 12.1 Å². The van der Waals surface area contributed by atoms with Gasteiger partial charge in [0.15, 0.2) is 0 Å². The highest BCUT2D eigenvalue weighted by Gasteiger charge is 2.17. The lowest BCUT2D eigenvalue weighted by Gasteiger charge is -2.06. The number of phenolic OH excluding ortho intramolecular Hbond substituents is 1. The molecule has 1 rings (SSSR count). The van der Waals surface area contributed by atoms with Crippen LogP contribution in [-0.4, -0.2) is 22.3 Å². The Kier molecular flexibility index (Phi) is 2.56. The minimum absolute atomic E-state index is 0.109. The summed E-state index contributed by atoms with van der Waals surface area (Å²) < 4.78 is 0. The lowest BCUT2D eigenvalue weighted by molar-refractivity contribution is 0.424. The average molecular weight is 177 g/mol. The Morgan fingerprint density at radius 2 is 2.00 bits per heavy atom. The topological polar surface area (TPSA) is 84.5 Å². The van der Waals surface area contributed by atoms with E-state index in [2.05, 4.69) is 0 Å². The van der Waals surface area contributed by atoms with Crippen LogP contribution < -0.4 is 5.46 Å². The number of aromatic hydroxyl groups is 1. The highest BCUT2D eigenvalue weighted by Crippen LogP contribution is 2.15. The number of rotatable bonds is 1. The average Bonchev–Trinajstić information content (AvgIpc) is 2.09. The fraction of sp³-hybridized carbons (Fsp3) is 0.125. The maximum absolute atomic E-state index is 9.29. The summed E-state index contributed by atoms with van der Waals surface area (Å²) in [5.74, 6) is -0.109. The van der Waals surface area contributed by atoms with Crippen LogP contribution in [-0.2, 0) is 0 Å². The summed E-state index contributed by atoms with van der Waals surface area (Å²) in [5, 5.41) is 35.6. The Morgan fingerprint density at radius 3 is 2.46 bits per heavy atom. The van der Waals surface area contributed by atoms with Gasteiger partial charge in [-0.3, -0.25) is 0 Å². The van der Waals surface area contributed by atoms with E-state index in [1.54, 1.807) is 6.92 Å². The van der Waals surface area contributed by atoms with Gasteiger partial charge in [0.25, 0.3) is 0 Å². The Balaban J connectivity index is 3.35. The zero-order valence-corrected chi connectivity index (χ0v) is 7.02. The van der Waals surface area contributed by atoms with Crippen molar-refractivity contribution in [1.82, 2.24) is 0 Å². The van der Waals surface area contributed by atoms with Crippen LogP contribution in [0.1, 0.15) is 11.1 Å². The molecule has 3 N–H and O–H groups in total. The van der Waals surface area contributed by atoms with Gasteiger partial charge < -0.3 is 15.2 Å². The predicted octanol–water partition coefficient (Wildman–Crippen LogP) is -0.748. The lowest BCUT2D eigenvalue weighted by Crippen LogP contribution is -2.32. The van der Waals surface area contributed by atoms with E-state index >= 15 is 0 Å². The Bertz CT molecular complexity index is 370. The minimum Gasteiger partial charge on any atom is -0.508 e. The maximum atomic E-state index is 9.29. The van der Waals surface area contributed by atoms with Crippen molar-refractivity contribution in [1.29, 1.82) is 5.26 Å². The molecule has 0 atom stereocenters. The first-order chi connectivity index (χ1) is 6.06. The van der Waals surface area contributed by atoms with Crippen molar-refractivity contribution in [3.8, 4) is 11.8 Å². The summed E-state index contributed by atoms with van der Waals surface area (Å²) in [6.45, 7) is 1.55. The molecule has 4 nitrogen and oxygen atoms in total. The number of nitrogens with zero attached hydrogens (tertiary/aromatic N) is 1. The fourth-order valence-corrected chi connectivity index (χ4v) is 1.05. The first kappa shape index (κ1) is 9.58. The van der Waals surface area contributed by atoms with Gasteiger partial charge in [-0.15, -0.1) is 0 Å². The van der Waals surface area contributed by atoms with Crippen molar-refractivity contribution in [2.45, 2.75) is 6.92 Å². The van der Waals surface area contributed by atoms with Gasteiger partial charge in [0, 0.05) is 0 Å². The molecule has 0 aromatic heterocycles. The molecular weight excluding hydrogens is 169 g/mol. The molecule has 1 aromatic rings. The second-order valence-electron chi connectivity index (χ2n) is 2.70. The second-order valence-corrected chi connectivity index (χ2v) is 2.70. The molecule has 0 fully saturated rings. The number of nitriles is 1. The first-order valence-electron chi connectivity index (χ1n) is 3.66. The SMILES string of the molecule is Cc1c(O)cc(C#N)cc1B(O)O. The zero-order chi connectivity index (χ0) is 10.0. The Morgan fingerprint density at radius 1 is 1.38 bits per heavy atom. The van der Waals surface area contributed by atoms with Gasteiger partial charge in [-0.05, 0) is 30.1 Å². The molecule has 0 aliphatic carbocycles. The molecule has 0 heterocycles. The summed E-state index contributed by atoms with van der Waals surface area (Å²) in [6.07, 6.45) is 0. The molecule has 66 valence electrons. The van der Waals surface area contributed by atoms with Crippen LogP contribution in [0, 0.1) is 18.3 Å². The first-order valence-corrected chi connectivity index (χ1v) is 3.66. The van der Waals surface area contributed by atoms with E-state index in [0.717, 1.165) is 0 Å². The van der Waals surface area contributed by atoms with Crippen LogP contribution in [0.2, 0.25) is 0 Å². The Hall–Kier alpha value is -1.51. The quantitative estimate of drug-likeness (QED) is 0.492. The fourth-order valence-electron chi connectivity index (χ4n) is 1.05. The zero-order valence-electron chi connectivity index (χ0n) is 7.02. The highest BCUT2D eigenvalue weighted by atomic mass is 16.4. The summed E-state index contributed by atoms with van der Waals surface area (Å²) in [6, 6.07) is 4.42. The van der Waals surface area contributed by atoms with E-state index in [0.29, 0.717) is 5.56 Å². The molecular formula is C8H8BNO3. The van der Waals surface area contributed by atoms with Crippen molar-refractivity contribution in [3.05, 3.63) is 23.3 Å². The molecule has 5 heteroatoms. The van der Waals surface area contributed by atoms with Crippen molar-refractivity contribution < 1.29 is 15.2 Å². The number of hydrogen-bond donors (Lipinski definition) is 3. The maximum Gasteiger partial charge on any atom is 0.488 e. The van der Waals surface area contributed by atoms with Crippen LogP contribution in [0.5, 0.6) is 5.75 Å². The molecule has 0 aliphatic heterocycles. The van der Waals surface area contributed by atoms with Crippen molar-refractivity contribution in [2.24, 2.45) is 0 Å². The normalized spacial score (nSPS) is 9.38. The van der Waals surface area contributed by atoms with Crippen molar-refractivity contribution in [3.63, 3.8) is 0 Å². The van der Waals surface area contributed by atoms with Gasteiger partial charge in [-0.1, -0.05) is 0 Å². The monoisotopic (exact) mass is 177 g/mol. The van der Waals surface area contributed by atoms with Crippen LogP contribution >= 0.6 is 0 Å². The lowest BCUT2D eigenvalue weighted by atomic mass is 9.76. The van der Waals surface area contributed by atoms with E-state index in [4.69, 9.17) is 15.3 Å². The highest BCUT2D eigenvalue weighted by molar-refractivity contribution is 6.59. The van der Waals surface area contributed by atoms with Gasteiger partial charge in [-0.2, -0.15) is 5.26 Å². The number of benzene rings is 1. The van der Waals surface area contributed by atoms with Crippen molar-refractivity contribution in [2.75, 3.05) is 0 Å². The smallest absolute Gasteiger partial charge is 0.488 e. The van der Waals surface area contributed by atoms with Crippen LogP contribution in [0.25, 0.3) is 0 Å². The van der Waals surface area contributed by atoms with Gasteiger partial charge in [-0.25, -0.2) is 0 Å². The number of hydrogen-bond acceptors (Lipinski definition) is 4. The van der Waals surface area contributed by atoms with E-state index in [9.17, 15) is 5.11 Å². The minimum atomic E-state index is -1.67. The summed E-state index contributed by atoms with van der Waals surface area (Å²) in [7, 11) is -1.67. The molecule has 1 aromatic carbocycles. The largest absolute Gasteiger partial charge is 0.508 e. The molecule has 0 amide bonds. The van der Waals surface area contributed by atoms with E-state index in [-0.39, 0.29) is 16.8 Å². The molecule has 0 saturated heterocycles. The van der Waals surface area contributed by atoms with Crippen LogP contribution in [0.15, 0.2) is 12.1 Å². The van der Waals surface area contributed by atoms with Gasteiger partial charge in [0.1, 0.15) is 5.75 Å². The molecule has 13 heavy (non-hydrogen) atoms. The third kappa shape index (κ3) is 1.80. The predicted molar refractivity (Wildman–Crippen MR) is 47.4 cm³/mol. The molecule has 0 bridgehead atoms. The summed E-state index contributed by atoms with van der Waals surface area (Å²) in [4.78, 5) is 0.